The molecule has 6 nitrogen and oxygen atoms in total. The summed E-state index contributed by atoms with van der Waals surface area (Å²) in [6.07, 6.45) is 71.9. The second-order valence-corrected chi connectivity index (χ2v) is 21.4. The number of amides is 1. The highest BCUT2D eigenvalue weighted by atomic mass is 16.5. The molecule has 2 unspecified atom stereocenters. The maximum Gasteiger partial charge on any atom is 0.305 e. The largest absolute Gasteiger partial charge is 0.466 e. The van der Waals surface area contributed by atoms with Crippen molar-refractivity contribution in [2.24, 2.45) is 0 Å². The smallest absolute Gasteiger partial charge is 0.305 e. The number of unbranched alkanes of at least 4 members (excludes halogenated alkanes) is 43. The van der Waals surface area contributed by atoms with Crippen molar-refractivity contribution in [3.05, 3.63) is 24.3 Å². The Hall–Kier alpha value is -1.66. The number of ether oxygens (including phenoxy) is 1. The van der Waals surface area contributed by atoms with Gasteiger partial charge < -0.3 is 20.3 Å². The Morgan fingerprint density at radius 1 is 0.391 bits per heavy atom. The molecule has 0 radical (unpaired) electrons. The van der Waals surface area contributed by atoms with Gasteiger partial charge in [-0.3, -0.25) is 9.59 Å². The molecule has 69 heavy (non-hydrogen) atoms. The van der Waals surface area contributed by atoms with E-state index in [0.717, 1.165) is 77.0 Å². The van der Waals surface area contributed by atoms with Crippen LogP contribution >= 0.6 is 0 Å². The molecular formula is C63H121NO5. The Balaban J connectivity index is 3.48. The first-order valence-electron chi connectivity index (χ1n) is 31.1. The maximum absolute atomic E-state index is 12.5. The topological polar surface area (TPSA) is 95.9 Å². The molecule has 6 heteroatoms. The summed E-state index contributed by atoms with van der Waals surface area (Å²) in [5.41, 5.74) is 0. The SMILES string of the molecule is CCCCCCCC/C=C\CCCCCCCCCCCC(=O)OCCCC/C=C\CCCCCCC(=O)NC(CO)C(O)CCCCCCCCCCCCCCCCCCCCCCCCC. The summed E-state index contributed by atoms with van der Waals surface area (Å²) in [7, 11) is 0. The average Bonchev–Trinajstić information content (AvgIpc) is 3.35. The number of carbonyl (C=O) groups is 2. The van der Waals surface area contributed by atoms with Crippen molar-refractivity contribution in [1.29, 1.82) is 0 Å². The van der Waals surface area contributed by atoms with Gasteiger partial charge in [0.05, 0.1) is 25.4 Å². The fraction of sp³-hybridized carbons (Fsp3) is 0.905. The van der Waals surface area contributed by atoms with Crippen molar-refractivity contribution in [3.63, 3.8) is 0 Å². The fourth-order valence-corrected chi connectivity index (χ4v) is 9.69. The van der Waals surface area contributed by atoms with Gasteiger partial charge in [0.1, 0.15) is 0 Å². The number of esters is 1. The van der Waals surface area contributed by atoms with Crippen LogP contribution in [0.4, 0.5) is 0 Å². The molecular weight excluding hydrogens is 851 g/mol. The van der Waals surface area contributed by atoms with Crippen molar-refractivity contribution < 1.29 is 24.5 Å². The molecule has 0 aromatic rings. The molecule has 0 aliphatic carbocycles. The number of aliphatic hydroxyl groups excluding tert-OH is 2. The van der Waals surface area contributed by atoms with Gasteiger partial charge in [-0.15, -0.1) is 0 Å². The number of hydrogen-bond acceptors (Lipinski definition) is 5. The minimum absolute atomic E-state index is 0.0356. The summed E-state index contributed by atoms with van der Waals surface area (Å²) in [6.45, 7) is 4.89. The van der Waals surface area contributed by atoms with Crippen LogP contribution in [-0.4, -0.2) is 47.4 Å². The van der Waals surface area contributed by atoms with E-state index in [1.165, 1.54) is 231 Å². The molecule has 3 N–H and O–H groups in total. The third-order valence-electron chi connectivity index (χ3n) is 14.5. The van der Waals surface area contributed by atoms with Gasteiger partial charge in [-0.25, -0.2) is 0 Å². The van der Waals surface area contributed by atoms with Crippen molar-refractivity contribution in [1.82, 2.24) is 5.32 Å². The molecule has 0 rings (SSSR count). The molecule has 0 aromatic carbocycles. The predicted octanol–water partition coefficient (Wildman–Crippen LogP) is 19.4. The molecule has 0 heterocycles. The van der Waals surface area contributed by atoms with Crippen LogP contribution in [0.3, 0.4) is 0 Å². The molecule has 408 valence electrons. The first-order valence-corrected chi connectivity index (χ1v) is 31.1. The lowest BCUT2D eigenvalue weighted by molar-refractivity contribution is -0.143. The molecule has 1 amide bonds. The zero-order chi connectivity index (χ0) is 50.0. The van der Waals surface area contributed by atoms with Gasteiger partial charge in [-0.1, -0.05) is 276 Å². The van der Waals surface area contributed by atoms with Gasteiger partial charge in [-0.2, -0.15) is 0 Å². The predicted molar refractivity (Wildman–Crippen MR) is 301 cm³/mol. The highest BCUT2D eigenvalue weighted by Crippen LogP contribution is 2.18. The monoisotopic (exact) mass is 972 g/mol. The summed E-state index contributed by atoms with van der Waals surface area (Å²) < 4.78 is 5.46. The molecule has 0 spiro atoms. The molecule has 0 bridgehead atoms. The van der Waals surface area contributed by atoms with E-state index in [-0.39, 0.29) is 18.5 Å². The Labute approximate surface area is 431 Å². The van der Waals surface area contributed by atoms with Gasteiger partial charge in [-0.05, 0) is 77.0 Å². The normalized spacial score (nSPS) is 12.7. The van der Waals surface area contributed by atoms with Crippen LogP contribution in [0.2, 0.25) is 0 Å². The lowest BCUT2D eigenvalue weighted by atomic mass is 10.0. The van der Waals surface area contributed by atoms with Crippen LogP contribution in [0.1, 0.15) is 341 Å². The first kappa shape index (κ1) is 67.3. The third kappa shape index (κ3) is 55.5. The molecule has 2 atom stereocenters. The first-order chi connectivity index (χ1) is 34.0. The molecule has 0 saturated heterocycles. The van der Waals surface area contributed by atoms with Crippen LogP contribution < -0.4 is 5.32 Å². The lowest BCUT2D eigenvalue weighted by Gasteiger charge is -2.22. The minimum Gasteiger partial charge on any atom is -0.466 e. The average molecular weight is 973 g/mol. The van der Waals surface area contributed by atoms with Gasteiger partial charge in [0.25, 0.3) is 0 Å². The summed E-state index contributed by atoms with van der Waals surface area (Å²) in [5, 5.41) is 23.3. The second-order valence-electron chi connectivity index (χ2n) is 21.4. The Morgan fingerprint density at radius 3 is 1.03 bits per heavy atom. The highest BCUT2D eigenvalue weighted by Gasteiger charge is 2.20. The van der Waals surface area contributed by atoms with Gasteiger partial charge in [0.15, 0.2) is 0 Å². The van der Waals surface area contributed by atoms with E-state index < -0.39 is 12.1 Å². The van der Waals surface area contributed by atoms with Crippen LogP contribution in [-0.2, 0) is 14.3 Å². The zero-order valence-electron chi connectivity index (χ0n) is 46.6. The molecule has 0 aromatic heterocycles. The summed E-state index contributed by atoms with van der Waals surface area (Å²) in [5.74, 6) is -0.103. The van der Waals surface area contributed by atoms with E-state index >= 15 is 0 Å². The van der Waals surface area contributed by atoms with Crippen LogP contribution in [0.25, 0.3) is 0 Å². The van der Waals surface area contributed by atoms with Crippen molar-refractivity contribution in [2.45, 2.75) is 353 Å². The van der Waals surface area contributed by atoms with Gasteiger partial charge in [0, 0.05) is 12.8 Å². The van der Waals surface area contributed by atoms with Crippen molar-refractivity contribution in [3.8, 4) is 0 Å². The quantitative estimate of drug-likeness (QED) is 0.0321. The van der Waals surface area contributed by atoms with E-state index in [9.17, 15) is 19.8 Å². The second kappa shape index (κ2) is 58.9. The number of aliphatic hydroxyl groups is 2. The van der Waals surface area contributed by atoms with E-state index in [2.05, 4.69) is 43.5 Å². The standard InChI is InChI=1S/C63H121NO5/c1-3-5-7-9-11-13-15-17-19-21-23-24-25-26-28-29-31-33-35-39-43-47-51-55-61(66)60(59-65)64-62(67)56-52-48-44-40-37-38-42-46-50-54-58-69-63(68)57-53-49-45-41-36-34-32-30-27-22-20-18-16-14-12-10-8-6-4-2/h18,20,38,42,60-61,65-66H,3-17,19,21-37,39-41,43-59H2,1-2H3,(H,64,67)/b20-18-,42-38-. The van der Waals surface area contributed by atoms with E-state index in [1.807, 2.05) is 0 Å². The fourth-order valence-electron chi connectivity index (χ4n) is 9.69. The van der Waals surface area contributed by atoms with E-state index in [1.54, 1.807) is 0 Å². The summed E-state index contributed by atoms with van der Waals surface area (Å²) in [6, 6.07) is -0.568. The number of hydrogen-bond donors (Lipinski definition) is 3. The summed E-state index contributed by atoms with van der Waals surface area (Å²) >= 11 is 0. The van der Waals surface area contributed by atoms with Crippen LogP contribution in [0, 0.1) is 0 Å². The van der Waals surface area contributed by atoms with Crippen LogP contribution in [0.15, 0.2) is 24.3 Å². The molecule has 0 aliphatic rings. The van der Waals surface area contributed by atoms with Crippen molar-refractivity contribution >= 4 is 11.9 Å². The van der Waals surface area contributed by atoms with E-state index in [4.69, 9.17) is 4.74 Å². The highest BCUT2D eigenvalue weighted by molar-refractivity contribution is 5.76. The van der Waals surface area contributed by atoms with Gasteiger partial charge >= 0.3 is 5.97 Å². The van der Waals surface area contributed by atoms with E-state index in [0.29, 0.717) is 25.9 Å². The van der Waals surface area contributed by atoms with Crippen molar-refractivity contribution in [2.75, 3.05) is 13.2 Å². The molecule has 0 aliphatic heterocycles. The minimum atomic E-state index is -0.687. The number of carbonyl (C=O) groups excluding carboxylic acids is 2. The third-order valence-corrected chi connectivity index (χ3v) is 14.5. The van der Waals surface area contributed by atoms with Crippen LogP contribution in [0.5, 0.6) is 0 Å². The van der Waals surface area contributed by atoms with Gasteiger partial charge in [0.2, 0.25) is 5.91 Å². The molecule has 0 fully saturated rings. The Bertz CT molecular complexity index is 1080. The Morgan fingerprint density at radius 2 is 0.681 bits per heavy atom. The number of allylic oxidation sites excluding steroid dienone is 4. The lowest BCUT2D eigenvalue weighted by Crippen LogP contribution is -2.45. The summed E-state index contributed by atoms with van der Waals surface area (Å²) in [4.78, 5) is 24.6. The zero-order valence-corrected chi connectivity index (χ0v) is 46.6. The molecule has 0 saturated carbocycles. The number of nitrogens with one attached hydrogen (secondary N) is 1. The Kier molecular flexibility index (Phi) is 57.5. The maximum atomic E-state index is 12.5. The number of rotatable bonds is 58.